The summed E-state index contributed by atoms with van der Waals surface area (Å²) in [6.45, 7) is 1.01. The third-order valence-corrected chi connectivity index (χ3v) is 5.40. The van der Waals surface area contributed by atoms with E-state index in [1.54, 1.807) is 23.1 Å². The lowest BCUT2D eigenvalue weighted by molar-refractivity contribution is -0.134. The van der Waals surface area contributed by atoms with Gasteiger partial charge in [0, 0.05) is 42.3 Å². The zero-order valence-electron chi connectivity index (χ0n) is 15.4. The molecule has 5 nitrogen and oxygen atoms in total. The maximum Gasteiger partial charge on any atom is 0.256 e. The van der Waals surface area contributed by atoms with Gasteiger partial charge in [-0.05, 0) is 36.2 Å². The van der Waals surface area contributed by atoms with Gasteiger partial charge in [0.15, 0.2) is 0 Å². The van der Waals surface area contributed by atoms with Crippen LogP contribution in [0.2, 0.25) is 10.0 Å². The maximum absolute atomic E-state index is 13.8. The Labute approximate surface area is 177 Å². The van der Waals surface area contributed by atoms with Crippen LogP contribution in [-0.4, -0.2) is 53.8 Å². The molecule has 0 bridgehead atoms. The Balaban J connectivity index is 1.58. The molecule has 154 valence electrons. The summed E-state index contributed by atoms with van der Waals surface area (Å²) >= 11 is 12.0. The van der Waals surface area contributed by atoms with E-state index >= 15 is 0 Å². The zero-order chi connectivity index (χ0) is 21.1. The molecule has 1 aliphatic heterocycles. The van der Waals surface area contributed by atoms with E-state index in [1.165, 1.54) is 4.90 Å². The molecular formula is C20H19Cl2F2N3O2. The molecule has 29 heavy (non-hydrogen) atoms. The van der Waals surface area contributed by atoms with Gasteiger partial charge in [0.1, 0.15) is 11.6 Å². The fourth-order valence-corrected chi connectivity index (χ4v) is 3.69. The van der Waals surface area contributed by atoms with E-state index in [2.05, 4.69) is 0 Å². The number of carbonyl (C=O) groups is 2. The predicted octanol–water partition coefficient (Wildman–Crippen LogP) is 3.13. The minimum absolute atomic E-state index is 0.194. The first kappa shape index (κ1) is 21.5. The standard InChI is InChI=1S/C20H19Cl2F2N3O2/c21-13-2-1-12(16(22)10-13)9-18(25)20(29)27-7-5-26(6-8-27)19(28)15-4-3-14(23)11-17(15)24/h1-4,10-11,18H,5-9,25H2/t18-/m1/s1. The highest BCUT2D eigenvalue weighted by atomic mass is 35.5. The lowest BCUT2D eigenvalue weighted by atomic mass is 10.0. The van der Waals surface area contributed by atoms with Crippen molar-refractivity contribution in [1.29, 1.82) is 0 Å². The molecule has 0 unspecified atom stereocenters. The first-order valence-corrected chi connectivity index (χ1v) is 9.74. The largest absolute Gasteiger partial charge is 0.338 e. The van der Waals surface area contributed by atoms with E-state index in [-0.39, 0.29) is 44.1 Å². The van der Waals surface area contributed by atoms with Crippen LogP contribution in [0, 0.1) is 11.6 Å². The van der Waals surface area contributed by atoms with Gasteiger partial charge in [-0.1, -0.05) is 29.3 Å². The van der Waals surface area contributed by atoms with Crippen LogP contribution in [0.15, 0.2) is 36.4 Å². The Hall–Kier alpha value is -2.22. The van der Waals surface area contributed by atoms with Gasteiger partial charge < -0.3 is 15.5 Å². The average molecular weight is 442 g/mol. The third-order valence-electron chi connectivity index (χ3n) is 4.81. The fourth-order valence-electron chi connectivity index (χ4n) is 3.21. The van der Waals surface area contributed by atoms with Gasteiger partial charge in [0.05, 0.1) is 11.6 Å². The minimum atomic E-state index is -0.907. The number of benzene rings is 2. The normalized spacial score (nSPS) is 15.3. The van der Waals surface area contributed by atoms with Gasteiger partial charge in [-0.2, -0.15) is 0 Å². The van der Waals surface area contributed by atoms with Crippen LogP contribution in [0.4, 0.5) is 8.78 Å². The highest BCUT2D eigenvalue weighted by Gasteiger charge is 2.29. The number of hydrogen-bond donors (Lipinski definition) is 1. The van der Waals surface area contributed by atoms with Crippen LogP contribution in [0.25, 0.3) is 0 Å². The molecule has 2 aromatic carbocycles. The van der Waals surface area contributed by atoms with Gasteiger partial charge in [-0.15, -0.1) is 0 Å². The summed E-state index contributed by atoms with van der Waals surface area (Å²) in [5, 5.41) is 0.939. The summed E-state index contributed by atoms with van der Waals surface area (Å²) in [5.74, 6) is -2.44. The number of carbonyl (C=O) groups excluding carboxylic acids is 2. The van der Waals surface area contributed by atoms with Crippen LogP contribution >= 0.6 is 23.2 Å². The molecule has 2 amide bonds. The fraction of sp³-hybridized carbons (Fsp3) is 0.300. The van der Waals surface area contributed by atoms with Crippen molar-refractivity contribution in [3.63, 3.8) is 0 Å². The van der Waals surface area contributed by atoms with Gasteiger partial charge in [0.2, 0.25) is 5.91 Å². The number of hydrogen-bond acceptors (Lipinski definition) is 3. The predicted molar refractivity (Wildman–Crippen MR) is 107 cm³/mol. The Morgan fingerprint density at radius 1 is 1.00 bits per heavy atom. The second-order valence-electron chi connectivity index (χ2n) is 6.79. The number of nitrogens with two attached hydrogens (primary N) is 1. The average Bonchev–Trinajstić information content (AvgIpc) is 2.69. The van der Waals surface area contributed by atoms with Gasteiger partial charge >= 0.3 is 0 Å². The Morgan fingerprint density at radius 3 is 2.28 bits per heavy atom. The summed E-state index contributed by atoms with van der Waals surface area (Å²) in [6.07, 6.45) is 0.259. The second-order valence-corrected chi connectivity index (χ2v) is 7.63. The van der Waals surface area contributed by atoms with Gasteiger partial charge in [-0.3, -0.25) is 9.59 Å². The van der Waals surface area contributed by atoms with Crippen molar-refractivity contribution in [3.8, 4) is 0 Å². The molecule has 1 atom stereocenters. The number of nitrogens with zero attached hydrogens (tertiary/aromatic N) is 2. The van der Waals surface area contributed by atoms with E-state index in [0.717, 1.165) is 17.7 Å². The smallest absolute Gasteiger partial charge is 0.256 e. The molecule has 3 rings (SSSR count). The molecule has 0 aliphatic carbocycles. The first-order valence-electron chi connectivity index (χ1n) is 8.99. The quantitative estimate of drug-likeness (QED) is 0.792. The summed E-state index contributed by atoms with van der Waals surface area (Å²) in [6, 6.07) is 7.05. The number of amides is 2. The SMILES string of the molecule is N[C@H](Cc1ccc(Cl)cc1Cl)C(=O)N1CCN(C(=O)c2ccc(F)cc2F)CC1. The van der Waals surface area contributed by atoms with Crippen molar-refractivity contribution in [1.82, 2.24) is 9.80 Å². The molecule has 2 aromatic rings. The molecule has 0 aromatic heterocycles. The molecule has 0 spiro atoms. The van der Waals surface area contributed by atoms with Gasteiger partial charge in [0.25, 0.3) is 5.91 Å². The second kappa shape index (κ2) is 9.07. The Morgan fingerprint density at radius 2 is 1.66 bits per heavy atom. The molecule has 1 fully saturated rings. The summed E-state index contributed by atoms with van der Waals surface area (Å²) in [5.41, 5.74) is 6.58. The molecule has 1 aliphatic rings. The molecule has 1 saturated heterocycles. The Kier molecular flexibility index (Phi) is 6.72. The molecular weight excluding hydrogens is 423 g/mol. The number of rotatable bonds is 4. The van der Waals surface area contributed by atoms with Crippen molar-refractivity contribution in [2.45, 2.75) is 12.5 Å². The summed E-state index contributed by atoms with van der Waals surface area (Å²) in [4.78, 5) is 28.1. The highest BCUT2D eigenvalue weighted by molar-refractivity contribution is 6.35. The van der Waals surface area contributed by atoms with E-state index in [9.17, 15) is 18.4 Å². The molecule has 0 saturated carbocycles. The lowest BCUT2D eigenvalue weighted by Crippen LogP contribution is -2.54. The Bertz CT molecular complexity index is 934. The van der Waals surface area contributed by atoms with E-state index in [1.807, 2.05) is 0 Å². The molecule has 9 heteroatoms. The molecule has 1 heterocycles. The number of halogens is 4. The first-order chi connectivity index (χ1) is 13.8. The molecule has 2 N–H and O–H groups in total. The van der Waals surface area contributed by atoms with Crippen LogP contribution in [0.5, 0.6) is 0 Å². The van der Waals surface area contributed by atoms with Crippen molar-refractivity contribution < 1.29 is 18.4 Å². The monoisotopic (exact) mass is 441 g/mol. The zero-order valence-corrected chi connectivity index (χ0v) is 16.9. The maximum atomic E-state index is 13.8. The highest BCUT2D eigenvalue weighted by Crippen LogP contribution is 2.22. The van der Waals surface area contributed by atoms with Crippen LogP contribution < -0.4 is 5.73 Å². The van der Waals surface area contributed by atoms with Crippen LogP contribution in [0.1, 0.15) is 15.9 Å². The summed E-state index contributed by atoms with van der Waals surface area (Å²) < 4.78 is 26.9. The van der Waals surface area contributed by atoms with Gasteiger partial charge in [-0.25, -0.2) is 8.78 Å². The van der Waals surface area contributed by atoms with E-state index in [4.69, 9.17) is 28.9 Å². The third kappa shape index (κ3) is 5.04. The topological polar surface area (TPSA) is 66.6 Å². The number of piperazine rings is 1. The van der Waals surface area contributed by atoms with E-state index in [0.29, 0.717) is 16.1 Å². The van der Waals surface area contributed by atoms with Crippen LogP contribution in [-0.2, 0) is 11.2 Å². The van der Waals surface area contributed by atoms with Crippen molar-refractivity contribution >= 4 is 35.0 Å². The minimum Gasteiger partial charge on any atom is -0.338 e. The molecule has 0 radical (unpaired) electrons. The van der Waals surface area contributed by atoms with E-state index < -0.39 is 23.6 Å². The summed E-state index contributed by atoms with van der Waals surface area (Å²) in [7, 11) is 0. The van der Waals surface area contributed by atoms with Crippen molar-refractivity contribution in [2.24, 2.45) is 5.73 Å². The van der Waals surface area contributed by atoms with Crippen LogP contribution in [0.3, 0.4) is 0 Å². The van der Waals surface area contributed by atoms with Crippen molar-refractivity contribution in [3.05, 3.63) is 69.2 Å². The lowest BCUT2D eigenvalue weighted by Gasteiger charge is -2.36. The van der Waals surface area contributed by atoms with Crippen molar-refractivity contribution in [2.75, 3.05) is 26.2 Å².